The van der Waals surface area contributed by atoms with Crippen LogP contribution in [0.15, 0.2) is 0 Å². The van der Waals surface area contributed by atoms with Gasteiger partial charge in [0, 0.05) is 25.9 Å². The van der Waals surface area contributed by atoms with Crippen molar-refractivity contribution in [1.29, 1.82) is 0 Å². The van der Waals surface area contributed by atoms with Crippen LogP contribution in [0.4, 0.5) is 0 Å². The molecule has 0 aromatic carbocycles. The number of ether oxygens (including phenoxy) is 1. The Balaban J connectivity index is 4.18. The van der Waals surface area contributed by atoms with Crippen LogP contribution in [0.1, 0.15) is 48.0 Å². The molecule has 0 radical (unpaired) electrons. The molecule has 0 aromatic rings. The van der Waals surface area contributed by atoms with Gasteiger partial charge in [-0.25, -0.2) is 0 Å². The van der Waals surface area contributed by atoms with Crippen molar-refractivity contribution in [2.45, 2.75) is 59.6 Å². The van der Waals surface area contributed by atoms with Gasteiger partial charge in [0.15, 0.2) is 0 Å². The molecule has 0 bridgehead atoms. The summed E-state index contributed by atoms with van der Waals surface area (Å²) in [5.41, 5.74) is 1.78. The summed E-state index contributed by atoms with van der Waals surface area (Å²) in [6.45, 7) is 14.0. The maximum atomic E-state index is 5.82. The summed E-state index contributed by atoms with van der Waals surface area (Å²) in [5.74, 6) is 1.04. The van der Waals surface area contributed by atoms with Gasteiger partial charge in [0.05, 0.1) is 11.2 Å². The van der Waals surface area contributed by atoms with Crippen LogP contribution in [0.25, 0.3) is 0 Å². The second-order valence-electron chi connectivity index (χ2n) is 5.33. The minimum absolute atomic E-state index is 0.104. The Labute approximate surface area is 129 Å². The quantitative estimate of drug-likeness (QED) is 0.273. The molecule has 0 amide bonds. The lowest BCUT2D eigenvalue weighted by molar-refractivity contribution is 0.0712. The van der Waals surface area contributed by atoms with E-state index in [1.54, 1.807) is 0 Å². The van der Waals surface area contributed by atoms with Gasteiger partial charge in [0.2, 0.25) is 0 Å². The molecule has 0 aromatic heterocycles. The van der Waals surface area contributed by atoms with Crippen molar-refractivity contribution in [3.8, 4) is 0 Å². The SMILES string of the molecule is CCO[Si](CCC[SH]=COC(C)(C)C)(OCC)OCC. The number of hydrogen-bond acceptors (Lipinski definition) is 4. The van der Waals surface area contributed by atoms with E-state index in [1.165, 1.54) is 11.4 Å². The first-order chi connectivity index (χ1) is 9.39. The Morgan fingerprint density at radius 3 is 1.85 bits per heavy atom. The molecule has 0 heterocycles. The van der Waals surface area contributed by atoms with Gasteiger partial charge < -0.3 is 18.0 Å². The molecule has 0 spiro atoms. The predicted molar refractivity (Wildman–Crippen MR) is 90.8 cm³/mol. The number of rotatable bonds is 11. The fourth-order valence-corrected chi connectivity index (χ4v) is 5.38. The topological polar surface area (TPSA) is 36.9 Å². The van der Waals surface area contributed by atoms with Gasteiger partial charge in [-0.1, -0.05) is 0 Å². The highest BCUT2D eigenvalue weighted by Gasteiger charge is 2.39. The van der Waals surface area contributed by atoms with Crippen LogP contribution in [-0.2, 0) is 18.0 Å². The maximum absolute atomic E-state index is 5.82. The lowest BCUT2D eigenvalue weighted by atomic mass is 10.2. The second-order valence-corrected chi connectivity index (χ2v) is 9.08. The predicted octanol–water partition coefficient (Wildman–Crippen LogP) is 3.47. The number of thiol groups is 1. The third kappa shape index (κ3) is 10.1. The smallest absolute Gasteiger partial charge is 0.374 e. The van der Waals surface area contributed by atoms with E-state index in [2.05, 4.69) is 20.8 Å². The molecular formula is C14H32O4SSi. The summed E-state index contributed by atoms with van der Waals surface area (Å²) in [6, 6.07) is 0.874. The Morgan fingerprint density at radius 2 is 1.45 bits per heavy atom. The average Bonchev–Trinajstić information content (AvgIpc) is 2.33. The normalized spacial score (nSPS) is 13.7. The Hall–Kier alpha value is 0.277. The molecule has 4 nitrogen and oxygen atoms in total. The summed E-state index contributed by atoms with van der Waals surface area (Å²) in [6.07, 6.45) is 1.03. The van der Waals surface area contributed by atoms with Gasteiger partial charge in [-0.2, -0.15) is 11.4 Å². The van der Waals surface area contributed by atoms with Crippen LogP contribution in [0, 0.1) is 0 Å². The van der Waals surface area contributed by atoms with E-state index in [-0.39, 0.29) is 5.60 Å². The Bertz CT molecular complexity index is 249. The van der Waals surface area contributed by atoms with Gasteiger partial charge >= 0.3 is 8.80 Å². The highest BCUT2D eigenvalue weighted by molar-refractivity contribution is 7.97. The first-order valence-corrected chi connectivity index (χ1v) is 10.5. The summed E-state index contributed by atoms with van der Waals surface area (Å²) in [4.78, 5) is 0. The minimum Gasteiger partial charge on any atom is -0.374 e. The third-order valence-electron chi connectivity index (χ3n) is 2.34. The van der Waals surface area contributed by atoms with Gasteiger partial charge in [-0.05, 0) is 53.7 Å². The first-order valence-electron chi connectivity index (χ1n) is 7.47. The lowest BCUT2D eigenvalue weighted by Gasteiger charge is -2.28. The van der Waals surface area contributed by atoms with Gasteiger partial charge in [0.1, 0.15) is 0 Å². The highest BCUT2D eigenvalue weighted by Crippen LogP contribution is 2.19. The van der Waals surface area contributed by atoms with E-state index in [0.29, 0.717) is 19.8 Å². The van der Waals surface area contributed by atoms with Crippen molar-refractivity contribution in [3.63, 3.8) is 0 Å². The van der Waals surface area contributed by atoms with Gasteiger partial charge in [-0.3, -0.25) is 0 Å². The van der Waals surface area contributed by atoms with Crippen molar-refractivity contribution in [2.75, 3.05) is 25.6 Å². The Kier molecular flexibility index (Phi) is 11.1. The molecule has 0 rings (SSSR count). The van der Waals surface area contributed by atoms with Crippen molar-refractivity contribution in [3.05, 3.63) is 0 Å². The average molecular weight is 325 g/mol. The van der Waals surface area contributed by atoms with Crippen LogP contribution in [0.3, 0.4) is 0 Å². The highest BCUT2D eigenvalue weighted by atomic mass is 32.1. The third-order valence-corrected chi connectivity index (χ3v) is 6.32. The van der Waals surface area contributed by atoms with E-state index in [1.807, 2.05) is 26.3 Å². The largest absolute Gasteiger partial charge is 0.500 e. The Morgan fingerprint density at radius 1 is 0.950 bits per heavy atom. The molecule has 0 saturated carbocycles. The molecule has 0 aliphatic rings. The fourth-order valence-electron chi connectivity index (χ4n) is 1.64. The van der Waals surface area contributed by atoms with E-state index < -0.39 is 8.80 Å². The summed E-state index contributed by atoms with van der Waals surface area (Å²) < 4.78 is 23.0. The van der Waals surface area contributed by atoms with Crippen molar-refractivity contribution < 1.29 is 18.0 Å². The monoisotopic (exact) mass is 324 g/mol. The fraction of sp³-hybridized carbons (Fsp3) is 0.929. The van der Waals surface area contributed by atoms with Crippen molar-refractivity contribution in [2.24, 2.45) is 0 Å². The standard InChI is InChI=1S/C14H32O4SSi/c1-7-16-20(17-8-2,18-9-3)12-10-11-19-13-15-14(4,5)6/h13,19H,7-12H2,1-6H3. The molecule has 0 fully saturated rings. The summed E-state index contributed by atoms with van der Waals surface area (Å²) in [7, 11) is -2.45. The molecule has 122 valence electrons. The molecule has 0 atom stereocenters. The lowest BCUT2D eigenvalue weighted by Crippen LogP contribution is -2.46. The summed E-state index contributed by atoms with van der Waals surface area (Å²) in [5, 5.41) is 0. The molecule has 0 aliphatic carbocycles. The second kappa shape index (κ2) is 10.9. The zero-order chi connectivity index (χ0) is 15.5. The van der Waals surface area contributed by atoms with E-state index in [4.69, 9.17) is 18.0 Å². The molecule has 0 aliphatic heterocycles. The van der Waals surface area contributed by atoms with Crippen molar-refractivity contribution >= 4 is 25.7 Å². The van der Waals surface area contributed by atoms with Crippen LogP contribution < -0.4 is 0 Å². The van der Waals surface area contributed by atoms with Crippen LogP contribution >= 0.6 is 11.4 Å². The van der Waals surface area contributed by atoms with Crippen molar-refractivity contribution in [1.82, 2.24) is 0 Å². The van der Waals surface area contributed by atoms with E-state index >= 15 is 0 Å². The van der Waals surface area contributed by atoms with Gasteiger partial charge in [0.25, 0.3) is 0 Å². The zero-order valence-electron chi connectivity index (χ0n) is 13.9. The van der Waals surface area contributed by atoms with Gasteiger partial charge in [-0.15, -0.1) is 0 Å². The van der Waals surface area contributed by atoms with Crippen LogP contribution in [0.2, 0.25) is 6.04 Å². The van der Waals surface area contributed by atoms with Crippen LogP contribution in [0.5, 0.6) is 0 Å². The molecule has 20 heavy (non-hydrogen) atoms. The molecule has 0 saturated heterocycles. The molecular weight excluding hydrogens is 292 g/mol. The first kappa shape index (κ1) is 20.3. The number of hydrogen-bond donors (Lipinski definition) is 1. The molecule has 0 N–H and O–H groups in total. The van der Waals surface area contributed by atoms with E-state index in [0.717, 1.165) is 18.2 Å². The summed E-state index contributed by atoms with van der Waals surface area (Å²) >= 11 is 1.19. The van der Waals surface area contributed by atoms with E-state index in [9.17, 15) is 0 Å². The molecule has 0 unspecified atom stereocenters. The minimum atomic E-state index is -2.45. The van der Waals surface area contributed by atoms with Crippen LogP contribution in [-0.4, -0.2) is 45.5 Å². The molecule has 6 heteroatoms. The zero-order valence-corrected chi connectivity index (χ0v) is 15.8. The maximum Gasteiger partial charge on any atom is 0.500 e.